The van der Waals surface area contributed by atoms with E-state index in [1.165, 1.54) is 7.11 Å². The third-order valence-electron chi connectivity index (χ3n) is 3.31. The molecule has 0 aromatic heterocycles. The van der Waals surface area contributed by atoms with Gasteiger partial charge in [-0.15, -0.1) is 0 Å². The highest BCUT2D eigenvalue weighted by Gasteiger charge is 2.50. The average molecular weight is 221 g/mol. The third-order valence-corrected chi connectivity index (χ3v) is 3.31. The van der Waals surface area contributed by atoms with Crippen LogP contribution in [0.5, 0.6) is 0 Å². The Morgan fingerprint density at radius 3 is 2.80 bits per heavy atom. The molecule has 5 heteroatoms. The number of carbonyl (C=O) groups excluding carboxylic acids is 1. The lowest BCUT2D eigenvalue weighted by atomic mass is 9.69. The summed E-state index contributed by atoms with van der Waals surface area (Å²) < 4.78 is 30.4. The normalized spacial score (nSPS) is 31.7. The van der Waals surface area contributed by atoms with E-state index >= 15 is 0 Å². The minimum absolute atomic E-state index is 0.283. The first-order chi connectivity index (χ1) is 7.08. The fourth-order valence-corrected chi connectivity index (χ4v) is 2.30. The van der Waals surface area contributed by atoms with Gasteiger partial charge in [-0.05, 0) is 19.4 Å². The summed E-state index contributed by atoms with van der Waals surface area (Å²) in [5.74, 6) is -1.42. The molecule has 1 fully saturated rings. The van der Waals surface area contributed by atoms with Crippen molar-refractivity contribution in [3.63, 3.8) is 0 Å². The maximum atomic E-state index is 12.9. The lowest BCUT2D eigenvalue weighted by molar-refractivity contribution is -0.164. The molecule has 1 heterocycles. The van der Waals surface area contributed by atoms with Gasteiger partial charge in [0, 0.05) is 12.5 Å². The quantitative estimate of drug-likeness (QED) is 0.733. The predicted molar refractivity (Wildman–Crippen MR) is 51.7 cm³/mol. The first kappa shape index (κ1) is 12.4. The summed E-state index contributed by atoms with van der Waals surface area (Å²) in [4.78, 5) is 11.6. The highest BCUT2D eigenvalue weighted by atomic mass is 19.3. The molecule has 0 aliphatic carbocycles. The van der Waals surface area contributed by atoms with Crippen LogP contribution in [0.15, 0.2) is 0 Å². The van der Waals surface area contributed by atoms with Gasteiger partial charge in [0.2, 0.25) is 6.43 Å². The first-order valence-electron chi connectivity index (χ1n) is 5.15. The molecule has 0 saturated carbocycles. The SMILES string of the molecule is CCC1(C(=O)OC)CNCCC1C(F)F. The van der Waals surface area contributed by atoms with Crippen molar-refractivity contribution in [1.82, 2.24) is 5.32 Å². The van der Waals surface area contributed by atoms with Gasteiger partial charge in [-0.1, -0.05) is 6.92 Å². The van der Waals surface area contributed by atoms with Gasteiger partial charge in [-0.3, -0.25) is 4.79 Å². The molecule has 1 aliphatic rings. The van der Waals surface area contributed by atoms with Crippen molar-refractivity contribution >= 4 is 5.97 Å². The van der Waals surface area contributed by atoms with Crippen LogP contribution in [0, 0.1) is 11.3 Å². The van der Waals surface area contributed by atoms with Gasteiger partial charge in [-0.25, -0.2) is 8.78 Å². The van der Waals surface area contributed by atoms with Crippen LogP contribution in [0.3, 0.4) is 0 Å². The van der Waals surface area contributed by atoms with Crippen molar-refractivity contribution in [3.8, 4) is 0 Å². The van der Waals surface area contributed by atoms with Crippen LogP contribution in [-0.4, -0.2) is 32.6 Å². The summed E-state index contributed by atoms with van der Waals surface area (Å²) >= 11 is 0. The Bertz CT molecular complexity index is 235. The van der Waals surface area contributed by atoms with E-state index in [9.17, 15) is 13.6 Å². The van der Waals surface area contributed by atoms with Crippen molar-refractivity contribution < 1.29 is 18.3 Å². The van der Waals surface area contributed by atoms with E-state index in [1.807, 2.05) is 0 Å². The fourth-order valence-electron chi connectivity index (χ4n) is 2.30. The molecular weight excluding hydrogens is 204 g/mol. The molecular formula is C10H17F2NO2. The van der Waals surface area contributed by atoms with Gasteiger partial charge in [-0.2, -0.15) is 0 Å². The second-order valence-corrected chi connectivity index (χ2v) is 3.91. The molecule has 15 heavy (non-hydrogen) atoms. The number of rotatable bonds is 3. The molecule has 2 unspecified atom stereocenters. The summed E-state index contributed by atoms with van der Waals surface area (Å²) in [6.45, 7) is 2.57. The predicted octanol–water partition coefficient (Wildman–Crippen LogP) is 1.43. The van der Waals surface area contributed by atoms with Crippen molar-refractivity contribution in [3.05, 3.63) is 0 Å². The number of nitrogens with one attached hydrogen (secondary N) is 1. The molecule has 88 valence electrons. The van der Waals surface area contributed by atoms with Crippen LogP contribution < -0.4 is 5.32 Å². The van der Waals surface area contributed by atoms with E-state index in [4.69, 9.17) is 0 Å². The van der Waals surface area contributed by atoms with Crippen LogP contribution in [0.1, 0.15) is 19.8 Å². The fraction of sp³-hybridized carbons (Fsp3) is 0.900. The molecule has 3 nitrogen and oxygen atoms in total. The highest BCUT2D eigenvalue weighted by Crippen LogP contribution is 2.40. The number of halogens is 2. The summed E-state index contributed by atoms with van der Waals surface area (Å²) in [5.41, 5.74) is -1.05. The Morgan fingerprint density at radius 2 is 2.33 bits per heavy atom. The largest absolute Gasteiger partial charge is 0.469 e. The van der Waals surface area contributed by atoms with E-state index in [0.29, 0.717) is 19.4 Å². The minimum Gasteiger partial charge on any atom is -0.469 e. The highest BCUT2D eigenvalue weighted by molar-refractivity contribution is 5.77. The van der Waals surface area contributed by atoms with Crippen molar-refractivity contribution in [2.75, 3.05) is 20.2 Å². The molecule has 1 aliphatic heterocycles. The number of esters is 1. The Morgan fingerprint density at radius 1 is 1.67 bits per heavy atom. The van der Waals surface area contributed by atoms with Crippen molar-refractivity contribution in [1.29, 1.82) is 0 Å². The number of alkyl halides is 2. The van der Waals surface area contributed by atoms with E-state index < -0.39 is 23.7 Å². The second kappa shape index (κ2) is 4.88. The van der Waals surface area contributed by atoms with E-state index in [-0.39, 0.29) is 6.54 Å². The van der Waals surface area contributed by atoms with Crippen molar-refractivity contribution in [2.24, 2.45) is 11.3 Å². The topological polar surface area (TPSA) is 38.3 Å². The van der Waals surface area contributed by atoms with Gasteiger partial charge in [0.1, 0.15) is 0 Å². The van der Waals surface area contributed by atoms with Crippen LogP contribution >= 0.6 is 0 Å². The summed E-state index contributed by atoms with van der Waals surface area (Å²) in [5, 5.41) is 2.99. The lowest BCUT2D eigenvalue weighted by Gasteiger charge is -2.40. The number of hydrogen-bond acceptors (Lipinski definition) is 3. The molecule has 0 amide bonds. The number of hydrogen-bond donors (Lipinski definition) is 1. The number of methoxy groups -OCH3 is 1. The van der Waals surface area contributed by atoms with Gasteiger partial charge < -0.3 is 10.1 Å². The number of carbonyl (C=O) groups is 1. The molecule has 0 aromatic rings. The molecule has 0 spiro atoms. The average Bonchev–Trinajstić information content (AvgIpc) is 2.27. The van der Waals surface area contributed by atoms with Gasteiger partial charge in [0.15, 0.2) is 0 Å². The summed E-state index contributed by atoms with van der Waals surface area (Å²) in [7, 11) is 1.25. The minimum atomic E-state index is -2.47. The maximum Gasteiger partial charge on any atom is 0.313 e. The molecule has 1 N–H and O–H groups in total. The standard InChI is InChI=1S/C10H17F2NO2/c1-3-10(9(14)15-2)6-13-5-4-7(10)8(11)12/h7-8,13H,3-6H2,1-2H3. The lowest BCUT2D eigenvalue weighted by Crippen LogP contribution is -2.53. The summed E-state index contributed by atoms with van der Waals surface area (Å²) in [6, 6.07) is 0. The second-order valence-electron chi connectivity index (χ2n) is 3.91. The molecule has 1 rings (SSSR count). The Labute approximate surface area is 88.2 Å². The molecule has 0 aromatic carbocycles. The van der Waals surface area contributed by atoms with E-state index in [1.54, 1.807) is 6.92 Å². The Hall–Kier alpha value is -0.710. The maximum absolute atomic E-state index is 12.9. The molecule has 1 saturated heterocycles. The van der Waals surface area contributed by atoms with Crippen LogP contribution in [-0.2, 0) is 9.53 Å². The Kier molecular flexibility index (Phi) is 4.02. The zero-order valence-corrected chi connectivity index (χ0v) is 9.06. The Balaban J connectivity index is 2.95. The number of ether oxygens (including phenoxy) is 1. The van der Waals surface area contributed by atoms with Crippen molar-refractivity contribution in [2.45, 2.75) is 26.2 Å². The molecule has 0 radical (unpaired) electrons. The third kappa shape index (κ3) is 2.12. The zero-order chi connectivity index (χ0) is 11.5. The zero-order valence-electron chi connectivity index (χ0n) is 9.06. The smallest absolute Gasteiger partial charge is 0.313 e. The molecule has 0 bridgehead atoms. The van der Waals surface area contributed by atoms with E-state index in [0.717, 1.165) is 0 Å². The van der Waals surface area contributed by atoms with Gasteiger partial charge in [0.05, 0.1) is 12.5 Å². The monoisotopic (exact) mass is 221 g/mol. The molecule has 2 atom stereocenters. The van der Waals surface area contributed by atoms with Crippen LogP contribution in [0.25, 0.3) is 0 Å². The van der Waals surface area contributed by atoms with Gasteiger partial charge in [0.25, 0.3) is 0 Å². The first-order valence-corrected chi connectivity index (χ1v) is 5.15. The van der Waals surface area contributed by atoms with Gasteiger partial charge >= 0.3 is 5.97 Å². The van der Waals surface area contributed by atoms with E-state index in [2.05, 4.69) is 10.1 Å². The number of piperidine rings is 1. The van der Waals surface area contributed by atoms with Crippen LogP contribution in [0.2, 0.25) is 0 Å². The van der Waals surface area contributed by atoms with Crippen LogP contribution in [0.4, 0.5) is 8.78 Å². The summed E-state index contributed by atoms with van der Waals surface area (Å²) in [6.07, 6.45) is -1.77.